The summed E-state index contributed by atoms with van der Waals surface area (Å²) < 4.78 is 5.07. The molecule has 2 aromatic carbocycles. The minimum atomic E-state index is -0.483. The molecule has 6 heteroatoms. The van der Waals surface area contributed by atoms with Crippen molar-refractivity contribution in [3.63, 3.8) is 0 Å². The van der Waals surface area contributed by atoms with Gasteiger partial charge in [0.25, 0.3) is 5.91 Å². The summed E-state index contributed by atoms with van der Waals surface area (Å²) in [5.74, 6) is -0.0729. The number of thioether (sulfide) groups is 1. The number of benzene rings is 2. The van der Waals surface area contributed by atoms with Crippen molar-refractivity contribution in [1.29, 1.82) is 0 Å². The predicted octanol–water partition coefficient (Wildman–Crippen LogP) is 4.02. The molecule has 132 valence electrons. The van der Waals surface area contributed by atoms with Crippen molar-refractivity contribution < 1.29 is 14.3 Å². The molecule has 0 aromatic heterocycles. The van der Waals surface area contributed by atoms with E-state index >= 15 is 0 Å². The van der Waals surface area contributed by atoms with E-state index in [9.17, 15) is 9.59 Å². The van der Waals surface area contributed by atoms with E-state index < -0.39 is 5.97 Å². The number of carbonyl (C=O) groups excluding carboxylic acids is 2. The minimum absolute atomic E-state index is 0.280. The number of rotatable bonds is 7. The van der Waals surface area contributed by atoms with Crippen LogP contribution in [0.4, 0.5) is 0 Å². The first kappa shape index (κ1) is 19.3. The number of hydrogen-bond donors (Lipinski definition) is 1. The zero-order chi connectivity index (χ0) is 18.2. The number of esters is 1. The van der Waals surface area contributed by atoms with Gasteiger partial charge in [0.1, 0.15) is 0 Å². The van der Waals surface area contributed by atoms with Crippen LogP contribution in [0.2, 0.25) is 5.02 Å². The molecule has 0 aliphatic rings. The number of halogens is 1. The summed E-state index contributed by atoms with van der Waals surface area (Å²) >= 11 is 7.44. The zero-order valence-corrected chi connectivity index (χ0v) is 15.7. The molecule has 2 rings (SSSR count). The van der Waals surface area contributed by atoms with Crippen LogP contribution >= 0.6 is 23.4 Å². The maximum Gasteiger partial charge on any atom is 0.338 e. The summed E-state index contributed by atoms with van der Waals surface area (Å²) in [7, 11) is 0. The average molecular weight is 378 g/mol. The highest BCUT2D eigenvalue weighted by molar-refractivity contribution is 7.99. The number of carbonyl (C=O) groups is 2. The van der Waals surface area contributed by atoms with Gasteiger partial charge >= 0.3 is 5.97 Å². The SMILES string of the molecule is Cc1ccc(C(=O)OCC(=O)NCCSc2ccc(Cl)cc2)c(C)c1. The number of amides is 1. The Balaban J connectivity index is 1.68. The molecule has 0 heterocycles. The molecular formula is C19H20ClNO3S. The Morgan fingerprint density at radius 1 is 1.12 bits per heavy atom. The summed E-state index contributed by atoms with van der Waals surface area (Å²) in [5.41, 5.74) is 2.39. The quantitative estimate of drug-likeness (QED) is 0.449. The second kappa shape index (κ2) is 9.49. The molecule has 0 bridgehead atoms. The first-order valence-corrected chi connectivity index (χ1v) is 9.21. The van der Waals surface area contributed by atoms with E-state index in [1.165, 1.54) is 0 Å². The number of aryl methyl sites for hydroxylation is 2. The van der Waals surface area contributed by atoms with Crippen molar-refractivity contribution in [2.24, 2.45) is 0 Å². The van der Waals surface area contributed by atoms with Gasteiger partial charge in [-0.3, -0.25) is 4.79 Å². The van der Waals surface area contributed by atoms with Crippen LogP contribution < -0.4 is 5.32 Å². The number of ether oxygens (including phenoxy) is 1. The van der Waals surface area contributed by atoms with Gasteiger partial charge in [0.2, 0.25) is 0 Å². The second-order valence-corrected chi connectivity index (χ2v) is 7.15. The lowest BCUT2D eigenvalue weighted by Crippen LogP contribution is -2.30. The maximum absolute atomic E-state index is 12.0. The Kier molecular flexibility index (Phi) is 7.34. The van der Waals surface area contributed by atoms with Gasteiger partial charge in [0.05, 0.1) is 5.56 Å². The van der Waals surface area contributed by atoms with Crippen molar-refractivity contribution >= 4 is 35.2 Å². The molecule has 0 saturated heterocycles. The van der Waals surface area contributed by atoms with Crippen molar-refractivity contribution in [2.45, 2.75) is 18.7 Å². The van der Waals surface area contributed by atoms with Gasteiger partial charge in [-0.25, -0.2) is 4.79 Å². The van der Waals surface area contributed by atoms with Gasteiger partial charge in [-0.05, 0) is 49.7 Å². The van der Waals surface area contributed by atoms with E-state index in [0.29, 0.717) is 17.1 Å². The van der Waals surface area contributed by atoms with Gasteiger partial charge in [-0.15, -0.1) is 11.8 Å². The normalized spacial score (nSPS) is 10.4. The summed E-state index contributed by atoms with van der Waals surface area (Å²) in [6.45, 7) is 4.01. The fraction of sp³-hybridized carbons (Fsp3) is 0.263. The Morgan fingerprint density at radius 3 is 2.52 bits per heavy atom. The third-order valence-electron chi connectivity index (χ3n) is 3.44. The molecule has 4 nitrogen and oxygen atoms in total. The van der Waals surface area contributed by atoms with Crippen LogP contribution in [0.5, 0.6) is 0 Å². The lowest BCUT2D eigenvalue weighted by molar-refractivity contribution is -0.124. The molecule has 1 amide bonds. The van der Waals surface area contributed by atoms with Crippen molar-refractivity contribution in [2.75, 3.05) is 18.9 Å². The Hall–Kier alpha value is -1.98. The van der Waals surface area contributed by atoms with Gasteiger partial charge < -0.3 is 10.1 Å². The van der Waals surface area contributed by atoms with Crippen molar-refractivity contribution in [3.8, 4) is 0 Å². The summed E-state index contributed by atoms with van der Waals surface area (Å²) in [5, 5.41) is 3.43. The monoisotopic (exact) mass is 377 g/mol. The van der Waals surface area contributed by atoms with E-state index in [4.69, 9.17) is 16.3 Å². The second-order valence-electron chi connectivity index (χ2n) is 5.55. The van der Waals surface area contributed by atoms with Gasteiger partial charge in [-0.2, -0.15) is 0 Å². The van der Waals surface area contributed by atoms with E-state index in [1.807, 2.05) is 50.2 Å². The van der Waals surface area contributed by atoms with Crippen LogP contribution in [0, 0.1) is 13.8 Å². The fourth-order valence-corrected chi connectivity index (χ4v) is 3.09. The molecule has 0 atom stereocenters. The number of hydrogen-bond acceptors (Lipinski definition) is 4. The largest absolute Gasteiger partial charge is 0.452 e. The summed E-state index contributed by atoms with van der Waals surface area (Å²) in [4.78, 5) is 24.8. The molecule has 2 aromatic rings. The minimum Gasteiger partial charge on any atom is -0.452 e. The van der Waals surface area contributed by atoms with Crippen LogP contribution in [0.25, 0.3) is 0 Å². The highest BCUT2D eigenvalue weighted by Gasteiger charge is 2.12. The van der Waals surface area contributed by atoms with E-state index in [-0.39, 0.29) is 12.5 Å². The van der Waals surface area contributed by atoms with Crippen LogP contribution in [-0.2, 0) is 9.53 Å². The standard InChI is InChI=1S/C19H20ClNO3S/c1-13-3-8-17(14(2)11-13)19(23)24-12-18(22)21-9-10-25-16-6-4-15(20)5-7-16/h3-8,11H,9-10,12H2,1-2H3,(H,21,22). The van der Waals surface area contributed by atoms with Crippen LogP contribution in [0.1, 0.15) is 21.5 Å². The molecule has 25 heavy (non-hydrogen) atoms. The first-order valence-electron chi connectivity index (χ1n) is 7.85. The van der Waals surface area contributed by atoms with E-state index in [1.54, 1.807) is 17.8 Å². The molecule has 0 spiro atoms. The molecule has 0 unspecified atom stereocenters. The Bertz CT molecular complexity index is 747. The Labute approximate surface area is 156 Å². The molecule has 0 radical (unpaired) electrons. The van der Waals surface area contributed by atoms with Crippen molar-refractivity contribution in [1.82, 2.24) is 5.32 Å². The highest BCUT2D eigenvalue weighted by Crippen LogP contribution is 2.19. The van der Waals surface area contributed by atoms with Crippen LogP contribution in [-0.4, -0.2) is 30.8 Å². The molecule has 0 aliphatic heterocycles. The van der Waals surface area contributed by atoms with Gasteiger partial charge in [-0.1, -0.05) is 29.3 Å². The first-order chi connectivity index (χ1) is 12.0. The summed E-state index contributed by atoms with van der Waals surface area (Å²) in [6.07, 6.45) is 0. The third kappa shape index (κ3) is 6.44. The van der Waals surface area contributed by atoms with Crippen LogP contribution in [0.15, 0.2) is 47.4 Å². The van der Waals surface area contributed by atoms with Crippen molar-refractivity contribution in [3.05, 3.63) is 64.2 Å². The van der Waals surface area contributed by atoms with E-state index in [2.05, 4.69) is 5.32 Å². The predicted molar refractivity (Wildman–Crippen MR) is 101 cm³/mol. The maximum atomic E-state index is 12.0. The smallest absolute Gasteiger partial charge is 0.338 e. The zero-order valence-electron chi connectivity index (χ0n) is 14.2. The van der Waals surface area contributed by atoms with E-state index in [0.717, 1.165) is 21.8 Å². The third-order valence-corrected chi connectivity index (χ3v) is 4.71. The molecule has 1 N–H and O–H groups in total. The van der Waals surface area contributed by atoms with Crippen LogP contribution in [0.3, 0.4) is 0 Å². The fourth-order valence-electron chi connectivity index (χ4n) is 2.19. The highest BCUT2D eigenvalue weighted by atomic mass is 35.5. The molecule has 0 saturated carbocycles. The number of nitrogens with one attached hydrogen (secondary N) is 1. The molecular weight excluding hydrogens is 358 g/mol. The summed E-state index contributed by atoms with van der Waals surface area (Å²) in [6, 6.07) is 13.0. The molecule has 0 fully saturated rings. The lowest BCUT2D eigenvalue weighted by atomic mass is 10.1. The van der Waals surface area contributed by atoms with Gasteiger partial charge in [0.15, 0.2) is 6.61 Å². The Morgan fingerprint density at radius 2 is 1.84 bits per heavy atom. The van der Waals surface area contributed by atoms with Gasteiger partial charge in [0, 0.05) is 22.2 Å². The lowest BCUT2D eigenvalue weighted by Gasteiger charge is -2.08. The molecule has 0 aliphatic carbocycles. The average Bonchev–Trinajstić information content (AvgIpc) is 2.58. The topological polar surface area (TPSA) is 55.4 Å².